The molecule has 2 aromatic rings. The van der Waals surface area contributed by atoms with Gasteiger partial charge in [-0.25, -0.2) is 0 Å². The van der Waals surface area contributed by atoms with Crippen molar-refractivity contribution in [1.29, 1.82) is 0 Å². The number of aliphatic hydroxyl groups is 1. The number of aromatic nitrogens is 2. The van der Waals surface area contributed by atoms with Gasteiger partial charge in [0, 0.05) is 12.6 Å². The normalized spacial score (nSPS) is 11.9. The maximum atomic E-state index is 12.0. The van der Waals surface area contributed by atoms with Gasteiger partial charge in [-0.05, 0) is 31.0 Å². The number of aliphatic hydroxyl groups excluding tert-OH is 1. The molecule has 1 aromatic heterocycles. The van der Waals surface area contributed by atoms with Crippen LogP contribution in [0.2, 0.25) is 0 Å². The summed E-state index contributed by atoms with van der Waals surface area (Å²) in [5, 5.41) is 16.2. The van der Waals surface area contributed by atoms with Crippen LogP contribution >= 0.6 is 0 Å². The lowest BCUT2D eigenvalue weighted by Crippen LogP contribution is -2.30. The highest BCUT2D eigenvalue weighted by molar-refractivity contribution is 5.92. The second-order valence-electron chi connectivity index (χ2n) is 4.91. The Hall–Kier alpha value is -2.47. The van der Waals surface area contributed by atoms with Crippen molar-refractivity contribution in [3.8, 4) is 5.69 Å². The number of para-hydroxylation sites is 1. The van der Waals surface area contributed by atoms with Crippen molar-refractivity contribution in [2.24, 2.45) is 0 Å². The summed E-state index contributed by atoms with van der Waals surface area (Å²) in [6.07, 6.45) is 0.708. The van der Waals surface area contributed by atoms with Gasteiger partial charge in [-0.3, -0.25) is 9.59 Å². The zero-order valence-electron chi connectivity index (χ0n) is 12.4. The topological polar surface area (TPSA) is 84.2 Å². The van der Waals surface area contributed by atoms with Gasteiger partial charge in [0.1, 0.15) is 5.69 Å². The fraction of sp³-hybridized carbons (Fsp3) is 0.312. The van der Waals surface area contributed by atoms with Crippen LogP contribution in [0, 0.1) is 0 Å². The van der Waals surface area contributed by atoms with Gasteiger partial charge >= 0.3 is 0 Å². The van der Waals surface area contributed by atoms with Gasteiger partial charge in [-0.2, -0.15) is 9.78 Å². The molecule has 1 unspecified atom stereocenters. The molecule has 0 aliphatic heterocycles. The first-order chi connectivity index (χ1) is 10.6. The maximum Gasteiger partial charge on any atom is 0.271 e. The molecule has 6 heteroatoms. The molecule has 116 valence electrons. The molecule has 0 aliphatic carbocycles. The van der Waals surface area contributed by atoms with E-state index in [1.807, 2.05) is 13.0 Å². The van der Waals surface area contributed by atoms with E-state index in [0.717, 1.165) is 0 Å². The molecule has 0 fully saturated rings. The third kappa shape index (κ3) is 4.02. The number of nitrogens with zero attached hydrogens (tertiary/aromatic N) is 2. The molecule has 1 aromatic carbocycles. The predicted octanol–water partition coefficient (Wildman–Crippen LogP) is 1.12. The van der Waals surface area contributed by atoms with Crippen LogP contribution in [0.4, 0.5) is 0 Å². The lowest BCUT2D eigenvalue weighted by molar-refractivity contribution is 0.0935. The Kier molecular flexibility index (Phi) is 5.43. The molecule has 0 spiro atoms. The second-order valence-corrected chi connectivity index (χ2v) is 4.91. The predicted molar refractivity (Wildman–Crippen MR) is 83.1 cm³/mol. The van der Waals surface area contributed by atoms with E-state index in [0.29, 0.717) is 25.1 Å². The number of nitrogens with one attached hydrogen (secondary N) is 1. The summed E-state index contributed by atoms with van der Waals surface area (Å²) in [6.45, 7) is 2.24. The van der Waals surface area contributed by atoms with Crippen LogP contribution in [0.5, 0.6) is 0 Å². The number of carbonyl (C=O) groups excluding carboxylic acids is 1. The van der Waals surface area contributed by atoms with Gasteiger partial charge in [0.2, 0.25) is 0 Å². The molecule has 1 amide bonds. The lowest BCUT2D eigenvalue weighted by Gasteiger charge is -2.09. The molecule has 1 heterocycles. The minimum absolute atomic E-state index is 0.162. The first-order valence-electron chi connectivity index (χ1n) is 7.24. The molecular formula is C16H19N3O3. The van der Waals surface area contributed by atoms with Crippen LogP contribution in [0.25, 0.3) is 5.69 Å². The molecule has 2 rings (SSSR count). The van der Waals surface area contributed by atoms with Crippen molar-refractivity contribution in [2.75, 3.05) is 6.54 Å². The van der Waals surface area contributed by atoms with Gasteiger partial charge in [-0.1, -0.05) is 25.1 Å². The van der Waals surface area contributed by atoms with Crippen molar-refractivity contribution in [3.05, 3.63) is 58.5 Å². The molecule has 0 bridgehead atoms. The number of carbonyl (C=O) groups is 1. The van der Waals surface area contributed by atoms with Gasteiger partial charge in [0.05, 0.1) is 11.8 Å². The average Bonchev–Trinajstić information content (AvgIpc) is 2.55. The first kappa shape index (κ1) is 15.9. The Balaban J connectivity index is 2.12. The fourth-order valence-corrected chi connectivity index (χ4v) is 1.93. The SMILES string of the molecule is CCC(O)CCNC(=O)c1ccc(=O)n(-c2ccccc2)n1. The van der Waals surface area contributed by atoms with E-state index >= 15 is 0 Å². The number of hydrogen-bond acceptors (Lipinski definition) is 4. The number of amides is 1. The highest BCUT2D eigenvalue weighted by atomic mass is 16.3. The van der Waals surface area contributed by atoms with Crippen LogP contribution in [-0.4, -0.2) is 33.4 Å². The molecule has 1 atom stereocenters. The summed E-state index contributed by atoms with van der Waals surface area (Å²) in [5.41, 5.74) is 0.460. The molecule has 2 N–H and O–H groups in total. The fourth-order valence-electron chi connectivity index (χ4n) is 1.93. The largest absolute Gasteiger partial charge is 0.393 e. The van der Waals surface area contributed by atoms with Crippen molar-refractivity contribution >= 4 is 5.91 Å². The summed E-state index contributed by atoms with van der Waals surface area (Å²) in [6, 6.07) is 11.6. The zero-order valence-corrected chi connectivity index (χ0v) is 12.4. The van der Waals surface area contributed by atoms with E-state index in [4.69, 9.17) is 0 Å². The van der Waals surface area contributed by atoms with E-state index in [1.165, 1.54) is 16.8 Å². The van der Waals surface area contributed by atoms with Crippen molar-refractivity contribution in [1.82, 2.24) is 15.1 Å². The summed E-state index contributed by atoms with van der Waals surface area (Å²) >= 11 is 0. The number of rotatable bonds is 6. The Morgan fingerprint density at radius 2 is 2.00 bits per heavy atom. The van der Waals surface area contributed by atoms with Crippen LogP contribution in [-0.2, 0) is 0 Å². The first-order valence-corrected chi connectivity index (χ1v) is 7.24. The number of benzene rings is 1. The summed E-state index contributed by atoms with van der Waals surface area (Å²) in [5.74, 6) is -0.368. The minimum Gasteiger partial charge on any atom is -0.393 e. The van der Waals surface area contributed by atoms with Crippen LogP contribution in [0.3, 0.4) is 0 Å². The standard InChI is InChI=1S/C16H19N3O3/c1-2-13(20)10-11-17-16(22)14-8-9-15(21)19(18-14)12-6-4-3-5-7-12/h3-9,13,20H,2,10-11H2,1H3,(H,17,22). The summed E-state index contributed by atoms with van der Waals surface area (Å²) in [4.78, 5) is 23.9. The van der Waals surface area contributed by atoms with Crippen LogP contribution in [0.1, 0.15) is 30.3 Å². The monoisotopic (exact) mass is 301 g/mol. The van der Waals surface area contributed by atoms with E-state index in [2.05, 4.69) is 10.4 Å². The molecular weight excluding hydrogens is 282 g/mol. The van der Waals surface area contributed by atoms with E-state index in [9.17, 15) is 14.7 Å². The van der Waals surface area contributed by atoms with E-state index < -0.39 is 6.10 Å². The Morgan fingerprint density at radius 1 is 1.27 bits per heavy atom. The zero-order chi connectivity index (χ0) is 15.9. The van der Waals surface area contributed by atoms with Crippen LogP contribution < -0.4 is 10.9 Å². The van der Waals surface area contributed by atoms with Crippen molar-refractivity contribution in [2.45, 2.75) is 25.9 Å². The molecule has 22 heavy (non-hydrogen) atoms. The summed E-state index contributed by atoms with van der Waals surface area (Å²) < 4.78 is 1.19. The molecule has 0 saturated carbocycles. The highest BCUT2D eigenvalue weighted by Crippen LogP contribution is 2.03. The van der Waals surface area contributed by atoms with Crippen molar-refractivity contribution in [3.63, 3.8) is 0 Å². The smallest absolute Gasteiger partial charge is 0.271 e. The second kappa shape index (κ2) is 7.51. The minimum atomic E-state index is -0.425. The van der Waals surface area contributed by atoms with Gasteiger partial charge < -0.3 is 10.4 Å². The number of hydrogen-bond donors (Lipinski definition) is 2. The Bertz CT molecular complexity index is 683. The van der Waals surface area contributed by atoms with Gasteiger partial charge in [0.25, 0.3) is 11.5 Å². The third-order valence-corrected chi connectivity index (χ3v) is 3.27. The van der Waals surface area contributed by atoms with E-state index in [1.54, 1.807) is 24.3 Å². The quantitative estimate of drug-likeness (QED) is 0.837. The molecule has 0 radical (unpaired) electrons. The van der Waals surface area contributed by atoms with Gasteiger partial charge in [-0.15, -0.1) is 0 Å². The van der Waals surface area contributed by atoms with E-state index in [-0.39, 0.29) is 17.2 Å². The summed E-state index contributed by atoms with van der Waals surface area (Å²) in [7, 11) is 0. The molecule has 0 saturated heterocycles. The maximum absolute atomic E-state index is 12.0. The Morgan fingerprint density at radius 3 is 2.68 bits per heavy atom. The average molecular weight is 301 g/mol. The van der Waals surface area contributed by atoms with Crippen molar-refractivity contribution < 1.29 is 9.90 Å². The lowest BCUT2D eigenvalue weighted by atomic mass is 10.2. The van der Waals surface area contributed by atoms with Crippen LogP contribution in [0.15, 0.2) is 47.3 Å². The molecule has 6 nitrogen and oxygen atoms in total. The Labute approximate surface area is 128 Å². The van der Waals surface area contributed by atoms with Gasteiger partial charge in [0.15, 0.2) is 0 Å². The highest BCUT2D eigenvalue weighted by Gasteiger charge is 2.10. The third-order valence-electron chi connectivity index (χ3n) is 3.27. The molecule has 0 aliphatic rings.